The molecule has 1 amide bonds. The fraction of sp³-hybridized carbons (Fsp3) is 0.211. The van der Waals surface area contributed by atoms with Crippen LogP contribution < -0.4 is 11.1 Å². The maximum Gasteiger partial charge on any atom is 0.418 e. The fourth-order valence-corrected chi connectivity index (χ4v) is 2.76. The van der Waals surface area contributed by atoms with Crippen molar-refractivity contribution >= 4 is 22.5 Å². The molecule has 28 heavy (non-hydrogen) atoms. The van der Waals surface area contributed by atoms with Crippen molar-refractivity contribution in [2.75, 3.05) is 12.4 Å². The zero-order valence-electron chi connectivity index (χ0n) is 14.6. The molecular formula is C19H16F4N4O. The lowest BCUT2D eigenvalue weighted by Gasteiger charge is -2.14. The molecule has 0 radical (unpaired) electrons. The number of anilines is 1. The number of nitrogen functional groups attached to an aromatic ring is 1. The number of alkyl halides is 4. The number of hydrogen-bond acceptors (Lipinski definition) is 4. The molecule has 0 saturated heterocycles. The highest BCUT2D eigenvalue weighted by molar-refractivity contribution is 6.00. The topological polar surface area (TPSA) is 80.9 Å². The van der Waals surface area contributed by atoms with E-state index in [0.717, 1.165) is 6.07 Å². The Balaban J connectivity index is 2.01. The summed E-state index contributed by atoms with van der Waals surface area (Å²) in [4.78, 5) is 20.3. The highest BCUT2D eigenvalue weighted by Gasteiger charge is 2.34. The molecule has 0 aliphatic rings. The first-order valence-corrected chi connectivity index (χ1v) is 8.34. The molecule has 0 aliphatic heterocycles. The Morgan fingerprint density at radius 2 is 1.96 bits per heavy atom. The number of nitrogens with zero attached hydrogens (tertiary/aromatic N) is 2. The van der Waals surface area contributed by atoms with E-state index in [0.29, 0.717) is 5.69 Å². The van der Waals surface area contributed by atoms with Crippen molar-refractivity contribution in [3.05, 3.63) is 65.1 Å². The van der Waals surface area contributed by atoms with Gasteiger partial charge in [-0.25, -0.2) is 4.98 Å². The van der Waals surface area contributed by atoms with Crippen LogP contribution in [0.15, 0.2) is 42.6 Å². The van der Waals surface area contributed by atoms with Crippen LogP contribution in [-0.2, 0) is 19.1 Å². The number of rotatable bonds is 5. The van der Waals surface area contributed by atoms with Crippen molar-refractivity contribution in [3.63, 3.8) is 0 Å². The number of benzene rings is 1. The van der Waals surface area contributed by atoms with Gasteiger partial charge >= 0.3 is 6.18 Å². The van der Waals surface area contributed by atoms with Gasteiger partial charge in [0.25, 0.3) is 5.91 Å². The Morgan fingerprint density at radius 3 is 2.61 bits per heavy atom. The van der Waals surface area contributed by atoms with Crippen molar-refractivity contribution in [1.82, 2.24) is 15.3 Å². The minimum Gasteiger partial charge on any atom is -0.398 e. The van der Waals surface area contributed by atoms with E-state index in [1.165, 1.54) is 12.1 Å². The summed E-state index contributed by atoms with van der Waals surface area (Å²) in [5.74, 6) is -0.680. The molecule has 5 nitrogen and oxygen atoms in total. The molecule has 0 unspecified atom stereocenters. The van der Waals surface area contributed by atoms with Gasteiger partial charge in [-0.1, -0.05) is 6.07 Å². The number of pyridine rings is 2. The maximum atomic E-state index is 13.5. The van der Waals surface area contributed by atoms with Crippen LogP contribution in [0.3, 0.4) is 0 Å². The largest absolute Gasteiger partial charge is 0.418 e. The van der Waals surface area contributed by atoms with Crippen molar-refractivity contribution in [3.8, 4) is 0 Å². The van der Waals surface area contributed by atoms with E-state index in [2.05, 4.69) is 15.3 Å². The van der Waals surface area contributed by atoms with Gasteiger partial charge < -0.3 is 11.1 Å². The van der Waals surface area contributed by atoms with Crippen LogP contribution in [-0.4, -0.2) is 22.5 Å². The van der Waals surface area contributed by atoms with Gasteiger partial charge in [-0.05, 0) is 35.9 Å². The molecule has 0 saturated carbocycles. The van der Waals surface area contributed by atoms with Crippen molar-refractivity contribution < 1.29 is 22.4 Å². The lowest BCUT2D eigenvalue weighted by Crippen LogP contribution is -2.24. The number of hydrogen-bond donors (Lipinski definition) is 2. The molecule has 0 aliphatic carbocycles. The zero-order chi connectivity index (χ0) is 20.3. The summed E-state index contributed by atoms with van der Waals surface area (Å²) in [5, 5.41) is 2.57. The summed E-state index contributed by atoms with van der Waals surface area (Å²) in [6.45, 7) is -0.717. The number of nitrogens with one attached hydrogen (secondary N) is 1. The van der Waals surface area contributed by atoms with Gasteiger partial charge in [0.15, 0.2) is 0 Å². The summed E-state index contributed by atoms with van der Waals surface area (Å²) in [7, 11) is 0. The molecule has 0 bridgehead atoms. The molecule has 2 aromatic heterocycles. The summed E-state index contributed by atoms with van der Waals surface area (Å²) in [6.07, 6.45) is -3.35. The third kappa shape index (κ3) is 4.19. The van der Waals surface area contributed by atoms with Crippen molar-refractivity contribution in [2.24, 2.45) is 0 Å². The Labute approximate surface area is 157 Å². The molecule has 0 atom stereocenters. The summed E-state index contributed by atoms with van der Waals surface area (Å²) in [6, 6.07) is 8.55. The van der Waals surface area contributed by atoms with Gasteiger partial charge in [0.05, 0.1) is 30.0 Å². The van der Waals surface area contributed by atoms with E-state index < -0.39 is 29.8 Å². The second kappa shape index (κ2) is 7.79. The van der Waals surface area contributed by atoms with E-state index in [9.17, 15) is 22.4 Å². The van der Waals surface area contributed by atoms with Gasteiger partial charge in [0, 0.05) is 23.7 Å². The van der Waals surface area contributed by atoms with Crippen LogP contribution in [0.25, 0.3) is 10.9 Å². The standard InChI is InChI=1S/C19H16F4N4O/c20-5-4-11-7-13-15(24)9-16(27-17(13)14(8-11)19(21,22)23)18(28)26-10-12-3-1-2-6-25-12/h1-3,6-9H,4-5,10H2,(H2,24,27)(H,26,28). The number of aromatic nitrogens is 2. The summed E-state index contributed by atoms with van der Waals surface area (Å²) >= 11 is 0. The number of amides is 1. The number of halogens is 4. The molecule has 1 aromatic carbocycles. The Hall–Kier alpha value is -3.23. The average Bonchev–Trinajstić information content (AvgIpc) is 2.66. The minimum atomic E-state index is -4.73. The normalized spacial score (nSPS) is 11.6. The highest BCUT2D eigenvalue weighted by Crippen LogP contribution is 2.37. The minimum absolute atomic E-state index is 0.0274. The van der Waals surface area contributed by atoms with Crippen LogP contribution in [0, 0.1) is 0 Å². The van der Waals surface area contributed by atoms with Gasteiger partial charge in [-0.15, -0.1) is 0 Å². The summed E-state index contributed by atoms with van der Waals surface area (Å²) < 4.78 is 53.1. The third-order valence-corrected chi connectivity index (χ3v) is 4.08. The first-order chi connectivity index (χ1) is 13.3. The van der Waals surface area contributed by atoms with Crippen LogP contribution in [0.4, 0.5) is 23.2 Å². The Morgan fingerprint density at radius 1 is 1.18 bits per heavy atom. The average molecular weight is 392 g/mol. The van der Waals surface area contributed by atoms with Gasteiger partial charge in [-0.2, -0.15) is 13.2 Å². The Bertz CT molecular complexity index is 1010. The zero-order valence-corrected chi connectivity index (χ0v) is 14.6. The van der Waals surface area contributed by atoms with Crippen LogP contribution in [0.1, 0.15) is 27.3 Å². The number of aryl methyl sites for hydroxylation is 1. The molecule has 146 valence electrons. The number of carbonyl (C=O) groups is 1. The van der Waals surface area contributed by atoms with E-state index in [1.54, 1.807) is 24.4 Å². The van der Waals surface area contributed by atoms with Gasteiger partial charge in [0.2, 0.25) is 0 Å². The fourth-order valence-electron chi connectivity index (χ4n) is 2.76. The monoisotopic (exact) mass is 392 g/mol. The first kappa shape index (κ1) is 19.5. The molecule has 3 rings (SSSR count). The molecule has 0 spiro atoms. The van der Waals surface area contributed by atoms with E-state index in [-0.39, 0.29) is 35.3 Å². The van der Waals surface area contributed by atoms with Crippen molar-refractivity contribution in [1.29, 1.82) is 0 Å². The number of fused-ring (bicyclic) bond motifs is 1. The molecule has 3 N–H and O–H groups in total. The maximum absolute atomic E-state index is 13.5. The van der Waals surface area contributed by atoms with Crippen LogP contribution in [0.5, 0.6) is 0 Å². The first-order valence-electron chi connectivity index (χ1n) is 8.34. The number of carbonyl (C=O) groups excluding carboxylic acids is 1. The third-order valence-electron chi connectivity index (χ3n) is 4.08. The highest BCUT2D eigenvalue weighted by atomic mass is 19.4. The smallest absolute Gasteiger partial charge is 0.398 e. The van der Waals surface area contributed by atoms with Crippen LogP contribution >= 0.6 is 0 Å². The van der Waals surface area contributed by atoms with E-state index in [4.69, 9.17) is 5.73 Å². The van der Waals surface area contributed by atoms with Crippen LogP contribution in [0.2, 0.25) is 0 Å². The van der Waals surface area contributed by atoms with E-state index in [1.807, 2.05) is 0 Å². The SMILES string of the molecule is Nc1cc(C(=O)NCc2ccccn2)nc2c(C(F)(F)F)cc(CCF)cc12. The lowest BCUT2D eigenvalue weighted by atomic mass is 10.0. The van der Waals surface area contributed by atoms with Crippen molar-refractivity contribution in [2.45, 2.75) is 19.1 Å². The molecule has 3 aromatic rings. The summed E-state index contributed by atoms with van der Waals surface area (Å²) in [5.41, 5.74) is 4.83. The molecule has 9 heteroatoms. The molecule has 0 fully saturated rings. The predicted molar refractivity (Wildman–Crippen MR) is 96.2 cm³/mol. The predicted octanol–water partition coefficient (Wildman–Crippen LogP) is 3.67. The van der Waals surface area contributed by atoms with Gasteiger partial charge in [0.1, 0.15) is 5.69 Å². The molecule has 2 heterocycles. The van der Waals surface area contributed by atoms with E-state index >= 15 is 0 Å². The lowest BCUT2D eigenvalue weighted by molar-refractivity contribution is -0.136. The Kier molecular flexibility index (Phi) is 5.43. The molecular weight excluding hydrogens is 376 g/mol. The quantitative estimate of drug-likeness (QED) is 0.649. The second-order valence-corrected chi connectivity index (χ2v) is 6.08. The number of nitrogens with two attached hydrogens (primary N) is 1. The second-order valence-electron chi connectivity index (χ2n) is 6.08. The van der Waals surface area contributed by atoms with Gasteiger partial charge in [-0.3, -0.25) is 14.2 Å².